The molecular weight excluding hydrogens is 320 g/mol. The number of carbonyl (C=O) groups is 2. The molecule has 2 fully saturated rings. The van der Waals surface area contributed by atoms with Crippen molar-refractivity contribution in [2.75, 3.05) is 18.5 Å². The van der Waals surface area contributed by atoms with Crippen molar-refractivity contribution in [2.45, 2.75) is 50.2 Å². The Morgan fingerprint density at radius 2 is 2.24 bits per heavy atom. The molecule has 1 saturated carbocycles. The monoisotopic (exact) mass is 344 g/mol. The van der Waals surface area contributed by atoms with Crippen LogP contribution in [-0.4, -0.2) is 36.7 Å². The van der Waals surface area contributed by atoms with Gasteiger partial charge in [-0.15, -0.1) is 0 Å². The van der Waals surface area contributed by atoms with E-state index in [0.29, 0.717) is 18.7 Å². The van der Waals surface area contributed by atoms with Crippen LogP contribution in [0.3, 0.4) is 0 Å². The molecule has 7 nitrogen and oxygen atoms in total. The summed E-state index contributed by atoms with van der Waals surface area (Å²) >= 11 is 0. The number of anilines is 1. The molecule has 2 heterocycles. The predicted molar refractivity (Wildman–Crippen MR) is 93.5 cm³/mol. The average Bonchev–Trinajstić information content (AvgIpc) is 2.75. The van der Waals surface area contributed by atoms with Gasteiger partial charge >= 0.3 is 6.03 Å². The van der Waals surface area contributed by atoms with Gasteiger partial charge in [-0.05, 0) is 18.9 Å². The summed E-state index contributed by atoms with van der Waals surface area (Å²) in [6.07, 6.45) is 4.25. The number of hydrogen-bond acceptors (Lipinski definition) is 4. The molecule has 134 valence electrons. The van der Waals surface area contributed by atoms with E-state index in [1.807, 2.05) is 18.2 Å². The van der Waals surface area contributed by atoms with Crippen molar-refractivity contribution in [2.24, 2.45) is 0 Å². The molecule has 1 aromatic rings. The van der Waals surface area contributed by atoms with Gasteiger partial charge in [-0.2, -0.15) is 0 Å². The molecular formula is C18H24N4O3. The van der Waals surface area contributed by atoms with Crippen LogP contribution in [0.2, 0.25) is 0 Å². The number of hydrogen-bond donors (Lipinski definition) is 4. The lowest BCUT2D eigenvalue weighted by molar-refractivity contribution is -0.119. The Morgan fingerprint density at radius 3 is 3.16 bits per heavy atom. The largest absolute Gasteiger partial charge is 0.492 e. The molecule has 7 heteroatoms. The third-order valence-corrected chi connectivity index (χ3v) is 5.38. The molecule has 2 atom stereocenters. The Bertz CT molecular complexity index is 693. The quantitative estimate of drug-likeness (QED) is 0.654. The van der Waals surface area contributed by atoms with Crippen molar-refractivity contribution in [1.82, 2.24) is 16.0 Å². The smallest absolute Gasteiger partial charge is 0.319 e. The molecule has 1 aromatic carbocycles. The molecule has 0 radical (unpaired) electrons. The number of urea groups is 1. The summed E-state index contributed by atoms with van der Waals surface area (Å²) in [5.41, 5.74) is 1.32. The highest BCUT2D eigenvalue weighted by molar-refractivity contribution is 5.91. The van der Waals surface area contributed by atoms with Gasteiger partial charge in [0.25, 0.3) is 0 Å². The van der Waals surface area contributed by atoms with Crippen molar-refractivity contribution >= 4 is 17.6 Å². The summed E-state index contributed by atoms with van der Waals surface area (Å²) in [4.78, 5) is 24.4. The van der Waals surface area contributed by atoms with Crippen LogP contribution in [-0.2, 0) is 11.3 Å². The molecule has 0 aromatic heterocycles. The van der Waals surface area contributed by atoms with Gasteiger partial charge in [-0.3, -0.25) is 4.79 Å². The Kier molecular flexibility index (Phi) is 4.25. The van der Waals surface area contributed by atoms with E-state index in [-0.39, 0.29) is 18.0 Å². The van der Waals surface area contributed by atoms with Crippen LogP contribution in [0.25, 0.3) is 0 Å². The van der Waals surface area contributed by atoms with E-state index in [9.17, 15) is 9.59 Å². The molecule has 3 aliphatic rings. The molecule has 25 heavy (non-hydrogen) atoms. The first-order valence-electron chi connectivity index (χ1n) is 9.00. The fraction of sp³-hybridized carbons (Fsp3) is 0.556. The fourth-order valence-corrected chi connectivity index (χ4v) is 4.14. The van der Waals surface area contributed by atoms with E-state index in [2.05, 4.69) is 21.3 Å². The van der Waals surface area contributed by atoms with Gasteiger partial charge < -0.3 is 26.0 Å². The maximum Gasteiger partial charge on any atom is 0.319 e. The molecule has 0 unspecified atom stereocenters. The topological polar surface area (TPSA) is 91.5 Å². The Hall–Kier alpha value is -2.28. The zero-order valence-corrected chi connectivity index (χ0v) is 14.2. The zero-order valence-electron chi connectivity index (χ0n) is 14.2. The molecule has 3 amide bonds. The van der Waals surface area contributed by atoms with Crippen molar-refractivity contribution < 1.29 is 14.3 Å². The lowest BCUT2D eigenvalue weighted by Crippen LogP contribution is -2.58. The molecule has 0 spiro atoms. The van der Waals surface area contributed by atoms with Crippen LogP contribution in [0.5, 0.6) is 5.75 Å². The molecule has 2 aliphatic heterocycles. The van der Waals surface area contributed by atoms with Crippen molar-refractivity contribution in [3.05, 3.63) is 23.8 Å². The highest BCUT2D eigenvalue weighted by Crippen LogP contribution is 2.35. The second-order valence-electron chi connectivity index (χ2n) is 7.13. The van der Waals surface area contributed by atoms with E-state index in [4.69, 9.17) is 4.74 Å². The minimum Gasteiger partial charge on any atom is -0.492 e. The summed E-state index contributed by atoms with van der Waals surface area (Å²) < 4.78 is 5.71. The third kappa shape index (κ3) is 3.28. The van der Waals surface area contributed by atoms with E-state index in [0.717, 1.165) is 50.1 Å². The number of ether oxygens (including phenoxy) is 1. The maximum absolute atomic E-state index is 12.5. The van der Waals surface area contributed by atoms with Gasteiger partial charge in [0.1, 0.15) is 12.4 Å². The normalized spacial score (nSPS) is 28.0. The molecule has 4 rings (SSSR count). The van der Waals surface area contributed by atoms with Gasteiger partial charge in [-0.25, -0.2) is 4.79 Å². The Morgan fingerprint density at radius 1 is 1.32 bits per heavy atom. The average molecular weight is 344 g/mol. The SMILES string of the molecule is O=C1C[C@]2(NC(=O)Nc3ccc4c(c3)OCCNC4)CCCC[C@@H]2N1. The van der Waals surface area contributed by atoms with Crippen LogP contribution in [0.4, 0.5) is 10.5 Å². The van der Waals surface area contributed by atoms with Crippen LogP contribution in [0.1, 0.15) is 37.7 Å². The summed E-state index contributed by atoms with van der Waals surface area (Å²) in [5, 5.41) is 12.3. The van der Waals surface area contributed by atoms with Gasteiger partial charge in [0.2, 0.25) is 5.91 Å². The van der Waals surface area contributed by atoms with Gasteiger partial charge in [0, 0.05) is 30.4 Å². The Balaban J connectivity index is 1.45. The first-order chi connectivity index (χ1) is 12.1. The van der Waals surface area contributed by atoms with Crippen molar-refractivity contribution in [3.8, 4) is 5.75 Å². The maximum atomic E-state index is 12.5. The van der Waals surface area contributed by atoms with Crippen LogP contribution in [0.15, 0.2) is 18.2 Å². The highest BCUT2D eigenvalue weighted by atomic mass is 16.5. The number of amides is 3. The minimum absolute atomic E-state index is 0.0260. The molecule has 4 N–H and O–H groups in total. The van der Waals surface area contributed by atoms with Crippen molar-refractivity contribution in [3.63, 3.8) is 0 Å². The first-order valence-corrected chi connectivity index (χ1v) is 9.00. The number of carbonyl (C=O) groups excluding carboxylic acids is 2. The summed E-state index contributed by atoms with van der Waals surface area (Å²) in [6, 6.07) is 5.47. The minimum atomic E-state index is -0.453. The van der Waals surface area contributed by atoms with E-state index in [1.54, 1.807) is 0 Å². The highest BCUT2D eigenvalue weighted by Gasteiger charge is 2.49. The van der Waals surface area contributed by atoms with Gasteiger partial charge in [0.05, 0.1) is 18.0 Å². The third-order valence-electron chi connectivity index (χ3n) is 5.38. The summed E-state index contributed by atoms with van der Waals surface area (Å²) in [6.45, 7) is 2.18. The predicted octanol–water partition coefficient (Wildman–Crippen LogP) is 1.49. The first kappa shape index (κ1) is 16.2. The summed E-state index contributed by atoms with van der Waals surface area (Å²) in [7, 11) is 0. The van der Waals surface area contributed by atoms with Crippen LogP contribution in [0, 0.1) is 0 Å². The molecule has 1 saturated heterocycles. The number of rotatable bonds is 2. The number of fused-ring (bicyclic) bond motifs is 2. The summed E-state index contributed by atoms with van der Waals surface area (Å²) in [5.74, 6) is 0.826. The standard InChI is InChI=1S/C18H24N4O3/c23-16-10-18(6-2-1-3-15(18)21-16)22-17(24)20-13-5-4-12-11-19-7-8-25-14(12)9-13/h4-5,9,15,19H,1-3,6-8,10-11H2,(H,21,23)(H2,20,22,24)/t15-,18+/m0/s1. The van der Waals surface area contributed by atoms with E-state index < -0.39 is 5.54 Å². The zero-order chi connectivity index (χ0) is 17.3. The van der Waals surface area contributed by atoms with E-state index >= 15 is 0 Å². The van der Waals surface area contributed by atoms with Gasteiger partial charge in [0.15, 0.2) is 0 Å². The lowest BCUT2D eigenvalue weighted by atomic mass is 9.78. The Labute approximate surface area is 146 Å². The molecule has 0 bridgehead atoms. The number of benzene rings is 1. The van der Waals surface area contributed by atoms with Crippen LogP contribution >= 0.6 is 0 Å². The van der Waals surface area contributed by atoms with Crippen LogP contribution < -0.4 is 26.0 Å². The lowest BCUT2D eigenvalue weighted by Gasteiger charge is -2.38. The van der Waals surface area contributed by atoms with E-state index in [1.165, 1.54) is 0 Å². The second-order valence-corrected chi connectivity index (χ2v) is 7.13. The number of nitrogens with one attached hydrogen (secondary N) is 4. The fourth-order valence-electron chi connectivity index (χ4n) is 4.14. The van der Waals surface area contributed by atoms with Crippen molar-refractivity contribution in [1.29, 1.82) is 0 Å². The second kappa shape index (κ2) is 6.55. The molecule has 1 aliphatic carbocycles. The van der Waals surface area contributed by atoms with Gasteiger partial charge in [-0.1, -0.05) is 18.9 Å².